The number of hydrogen-bond donors (Lipinski definition) is 7. The number of rotatable bonds is 31. The largest absolute Gasteiger partial charge is 0.457 e. The molecule has 11 atom stereocenters. The molecule has 0 aromatic heterocycles. The Labute approximate surface area is 340 Å². The maximum Gasteiger partial charge on any atom is 0.306 e. The summed E-state index contributed by atoms with van der Waals surface area (Å²) in [6.45, 7) is 3.36. The summed E-state index contributed by atoms with van der Waals surface area (Å²) in [5, 5.41) is 71.7. The first-order chi connectivity index (χ1) is 27.6. The Morgan fingerprint density at radius 3 is 1.72 bits per heavy atom. The molecular formula is C43H74O14. The molecule has 2 aliphatic heterocycles. The first kappa shape index (κ1) is 51.1. The van der Waals surface area contributed by atoms with Crippen LogP contribution in [0, 0.1) is 0 Å². The van der Waals surface area contributed by atoms with Crippen molar-refractivity contribution in [2.75, 3.05) is 33.0 Å². The Bertz CT molecular complexity index is 1130. The highest BCUT2D eigenvalue weighted by molar-refractivity contribution is 5.69. The average molecular weight is 815 g/mol. The molecule has 7 N–H and O–H groups in total. The fraction of sp³-hybridized carbons (Fsp3) is 0.791. The molecule has 14 heteroatoms. The molecule has 2 heterocycles. The van der Waals surface area contributed by atoms with Crippen molar-refractivity contribution in [3.8, 4) is 0 Å². The van der Waals surface area contributed by atoms with Gasteiger partial charge in [-0.15, -0.1) is 0 Å². The van der Waals surface area contributed by atoms with E-state index in [0.717, 1.165) is 57.8 Å². The van der Waals surface area contributed by atoms with Gasteiger partial charge in [-0.1, -0.05) is 114 Å². The summed E-state index contributed by atoms with van der Waals surface area (Å²) in [6, 6.07) is 0. The third-order valence-electron chi connectivity index (χ3n) is 9.85. The minimum absolute atomic E-state index is 0.0232. The van der Waals surface area contributed by atoms with Gasteiger partial charge < -0.3 is 64.2 Å². The lowest BCUT2D eigenvalue weighted by Crippen LogP contribution is -2.61. The SMILES string of the molecule is CC/C=C\C/C=C\C/C=C\C/C=C\CCCOCC(COC1OC(COC2OC(CO)C(O)C(O)C2O)C(O)C(O)C1O)OC(=O)CCCCCCCCCCC. The van der Waals surface area contributed by atoms with E-state index in [4.69, 9.17) is 28.4 Å². The molecule has 0 saturated carbocycles. The van der Waals surface area contributed by atoms with Crippen LogP contribution in [0.25, 0.3) is 0 Å². The second-order valence-electron chi connectivity index (χ2n) is 14.8. The molecule has 2 fully saturated rings. The van der Waals surface area contributed by atoms with Crippen LogP contribution < -0.4 is 0 Å². The maximum absolute atomic E-state index is 12.8. The second-order valence-corrected chi connectivity index (χ2v) is 14.8. The second kappa shape index (κ2) is 31.8. The zero-order valence-electron chi connectivity index (χ0n) is 34.3. The molecular weight excluding hydrogens is 740 g/mol. The minimum Gasteiger partial charge on any atom is -0.457 e. The fourth-order valence-electron chi connectivity index (χ4n) is 6.35. The van der Waals surface area contributed by atoms with Crippen molar-refractivity contribution in [3.05, 3.63) is 48.6 Å². The summed E-state index contributed by atoms with van der Waals surface area (Å²) in [4.78, 5) is 12.8. The van der Waals surface area contributed by atoms with Gasteiger partial charge in [0.05, 0.1) is 26.4 Å². The van der Waals surface area contributed by atoms with Crippen molar-refractivity contribution < 1.29 is 69.0 Å². The Hall–Kier alpha value is -2.05. The number of unbranched alkanes of at least 4 members (excludes halogenated alkanes) is 9. The van der Waals surface area contributed by atoms with Crippen LogP contribution in [0.15, 0.2) is 48.6 Å². The van der Waals surface area contributed by atoms with E-state index >= 15 is 0 Å². The normalized spacial score (nSPS) is 29.0. The molecule has 0 radical (unpaired) electrons. The number of aliphatic hydroxyl groups excluding tert-OH is 7. The Morgan fingerprint density at radius 1 is 0.596 bits per heavy atom. The zero-order valence-corrected chi connectivity index (χ0v) is 34.3. The predicted octanol–water partition coefficient (Wildman–Crippen LogP) is 4.06. The maximum atomic E-state index is 12.8. The smallest absolute Gasteiger partial charge is 0.306 e. The molecule has 0 spiro atoms. The lowest BCUT2D eigenvalue weighted by atomic mass is 9.98. The van der Waals surface area contributed by atoms with Gasteiger partial charge in [-0.25, -0.2) is 0 Å². The van der Waals surface area contributed by atoms with Crippen molar-refractivity contribution in [1.82, 2.24) is 0 Å². The third-order valence-corrected chi connectivity index (χ3v) is 9.85. The van der Waals surface area contributed by atoms with Crippen LogP contribution in [0.3, 0.4) is 0 Å². The van der Waals surface area contributed by atoms with Crippen molar-refractivity contribution in [3.63, 3.8) is 0 Å². The Balaban J connectivity index is 1.86. The fourth-order valence-corrected chi connectivity index (χ4v) is 6.35. The molecule has 0 aliphatic carbocycles. The van der Waals surface area contributed by atoms with E-state index < -0.39 is 86.7 Å². The number of carbonyl (C=O) groups is 1. The van der Waals surface area contributed by atoms with Crippen LogP contribution in [-0.4, -0.2) is 142 Å². The van der Waals surface area contributed by atoms with Gasteiger partial charge in [0.25, 0.3) is 0 Å². The van der Waals surface area contributed by atoms with Crippen molar-refractivity contribution in [1.29, 1.82) is 0 Å². The topological polar surface area (TPSA) is 214 Å². The van der Waals surface area contributed by atoms with E-state index in [2.05, 4.69) is 62.5 Å². The molecule has 0 bridgehead atoms. The van der Waals surface area contributed by atoms with Crippen LogP contribution >= 0.6 is 0 Å². The summed E-state index contributed by atoms with van der Waals surface area (Å²) in [5.74, 6) is -0.402. The van der Waals surface area contributed by atoms with E-state index in [1.807, 2.05) is 0 Å². The lowest BCUT2D eigenvalue weighted by molar-refractivity contribution is -0.332. The van der Waals surface area contributed by atoms with E-state index in [0.29, 0.717) is 13.0 Å². The summed E-state index contributed by atoms with van der Waals surface area (Å²) in [7, 11) is 0. The molecule has 0 amide bonds. The van der Waals surface area contributed by atoms with Gasteiger partial charge in [0.1, 0.15) is 54.9 Å². The summed E-state index contributed by atoms with van der Waals surface area (Å²) >= 11 is 0. The average Bonchev–Trinajstić information content (AvgIpc) is 3.20. The highest BCUT2D eigenvalue weighted by Gasteiger charge is 2.47. The molecule has 14 nitrogen and oxygen atoms in total. The molecule has 11 unspecified atom stereocenters. The number of allylic oxidation sites excluding steroid dienone is 8. The van der Waals surface area contributed by atoms with Gasteiger partial charge in [0, 0.05) is 13.0 Å². The van der Waals surface area contributed by atoms with E-state index in [1.54, 1.807) is 0 Å². The standard InChI is InChI=1S/C43H74O14/c1-3-5-7-9-11-13-14-15-16-17-19-21-23-25-27-52-29-32(55-35(45)26-24-22-20-18-12-10-8-6-4-2)30-53-42-41(51)39(49)37(47)34(57-42)31-54-43-40(50)38(48)36(46)33(28-44)56-43/h5,7,11,13,15-16,19,21,32-34,36-44,46-51H,3-4,6,8-10,12,14,17-18,20,22-31H2,1-2H3/b7-5-,13-11-,16-15-,21-19-. The molecule has 330 valence electrons. The van der Waals surface area contributed by atoms with Crippen molar-refractivity contribution in [2.24, 2.45) is 0 Å². The highest BCUT2D eigenvalue weighted by Crippen LogP contribution is 2.26. The molecule has 57 heavy (non-hydrogen) atoms. The van der Waals surface area contributed by atoms with Crippen LogP contribution in [0.5, 0.6) is 0 Å². The Kier molecular flexibility index (Phi) is 28.5. The van der Waals surface area contributed by atoms with Crippen LogP contribution in [0.4, 0.5) is 0 Å². The van der Waals surface area contributed by atoms with E-state index in [1.165, 1.54) is 32.1 Å². The number of ether oxygens (including phenoxy) is 6. The summed E-state index contributed by atoms with van der Waals surface area (Å²) in [6.07, 6.45) is 16.4. The number of aliphatic hydroxyl groups is 7. The third kappa shape index (κ3) is 21.2. The van der Waals surface area contributed by atoms with E-state index in [9.17, 15) is 40.5 Å². The van der Waals surface area contributed by atoms with Crippen LogP contribution in [-0.2, 0) is 33.2 Å². The minimum atomic E-state index is -1.71. The predicted molar refractivity (Wildman–Crippen MR) is 215 cm³/mol. The molecule has 0 aromatic rings. The van der Waals surface area contributed by atoms with Gasteiger partial charge in [-0.3, -0.25) is 4.79 Å². The lowest BCUT2D eigenvalue weighted by Gasteiger charge is -2.42. The van der Waals surface area contributed by atoms with Crippen LogP contribution in [0.2, 0.25) is 0 Å². The summed E-state index contributed by atoms with van der Waals surface area (Å²) < 4.78 is 33.9. The van der Waals surface area contributed by atoms with Gasteiger partial charge >= 0.3 is 5.97 Å². The van der Waals surface area contributed by atoms with Crippen LogP contribution in [0.1, 0.15) is 117 Å². The van der Waals surface area contributed by atoms with E-state index in [-0.39, 0.29) is 19.6 Å². The number of hydrogen-bond acceptors (Lipinski definition) is 14. The van der Waals surface area contributed by atoms with Gasteiger partial charge in [0.2, 0.25) is 0 Å². The highest BCUT2D eigenvalue weighted by atomic mass is 16.7. The number of carbonyl (C=O) groups excluding carboxylic acids is 1. The molecule has 0 aromatic carbocycles. The first-order valence-corrected chi connectivity index (χ1v) is 21.2. The van der Waals surface area contributed by atoms with Gasteiger partial charge in [-0.05, 0) is 44.9 Å². The molecule has 2 aliphatic rings. The van der Waals surface area contributed by atoms with Gasteiger partial charge in [0.15, 0.2) is 12.6 Å². The number of esters is 1. The monoisotopic (exact) mass is 815 g/mol. The molecule has 2 saturated heterocycles. The zero-order chi connectivity index (χ0) is 41.7. The molecule has 2 rings (SSSR count). The Morgan fingerprint density at radius 2 is 1.12 bits per heavy atom. The van der Waals surface area contributed by atoms with Gasteiger partial charge in [-0.2, -0.15) is 0 Å². The first-order valence-electron chi connectivity index (χ1n) is 21.2. The summed E-state index contributed by atoms with van der Waals surface area (Å²) in [5.41, 5.74) is 0. The quantitative estimate of drug-likeness (QED) is 0.0299. The van der Waals surface area contributed by atoms with Crippen molar-refractivity contribution >= 4 is 5.97 Å². The van der Waals surface area contributed by atoms with Crippen molar-refractivity contribution in [2.45, 2.75) is 184 Å².